The first-order valence-electron chi connectivity index (χ1n) is 4.06. The van der Waals surface area contributed by atoms with Gasteiger partial charge in [-0.25, -0.2) is 4.39 Å². The average molecular weight is 293 g/mol. The Labute approximate surface area is 89.4 Å². The average Bonchev–Trinajstić information content (AvgIpc) is 2.12. The van der Waals surface area contributed by atoms with Crippen LogP contribution in [0, 0.1) is 9.39 Å². The summed E-state index contributed by atoms with van der Waals surface area (Å²) in [6, 6.07) is 3.05. The smallest absolute Gasteiger partial charge is 0.165 e. The molecule has 0 saturated carbocycles. The van der Waals surface area contributed by atoms with Crippen molar-refractivity contribution >= 4 is 22.6 Å². The monoisotopic (exact) mass is 293 g/mol. The molecule has 2 rings (SSSR count). The van der Waals surface area contributed by atoms with Crippen molar-refractivity contribution in [2.75, 3.05) is 6.61 Å². The van der Waals surface area contributed by atoms with Crippen LogP contribution in [0.25, 0.3) is 0 Å². The SMILES string of the molecule is N[C@@H]1CCOc2c(F)ccc(I)c21. The van der Waals surface area contributed by atoms with E-state index in [0.29, 0.717) is 12.4 Å². The third-order valence-corrected chi connectivity index (χ3v) is 3.08. The minimum atomic E-state index is -0.314. The Morgan fingerprint density at radius 1 is 1.54 bits per heavy atom. The molecule has 0 aliphatic carbocycles. The van der Waals surface area contributed by atoms with Gasteiger partial charge in [0.05, 0.1) is 6.61 Å². The minimum Gasteiger partial charge on any atom is -0.490 e. The first-order chi connectivity index (χ1) is 6.20. The summed E-state index contributed by atoms with van der Waals surface area (Å²) in [7, 11) is 0. The predicted octanol–water partition coefficient (Wildman–Crippen LogP) is 2.21. The maximum Gasteiger partial charge on any atom is 0.165 e. The third kappa shape index (κ3) is 1.52. The number of hydrogen-bond acceptors (Lipinski definition) is 2. The van der Waals surface area contributed by atoms with Crippen molar-refractivity contribution in [3.63, 3.8) is 0 Å². The molecule has 2 nitrogen and oxygen atoms in total. The summed E-state index contributed by atoms with van der Waals surface area (Å²) in [5.41, 5.74) is 6.68. The Morgan fingerprint density at radius 2 is 2.31 bits per heavy atom. The molecule has 0 unspecified atom stereocenters. The van der Waals surface area contributed by atoms with E-state index in [4.69, 9.17) is 10.5 Å². The van der Waals surface area contributed by atoms with E-state index >= 15 is 0 Å². The number of fused-ring (bicyclic) bond motifs is 1. The summed E-state index contributed by atoms with van der Waals surface area (Å²) in [4.78, 5) is 0. The standard InChI is InChI=1S/C9H9FINO/c10-5-1-2-6(11)8-7(12)3-4-13-9(5)8/h1-2,7H,3-4,12H2/t7-/m1/s1. The fourth-order valence-corrected chi connectivity index (χ4v) is 2.30. The summed E-state index contributed by atoms with van der Waals surface area (Å²) in [6.45, 7) is 0.505. The lowest BCUT2D eigenvalue weighted by Crippen LogP contribution is -2.22. The highest BCUT2D eigenvalue weighted by Crippen LogP contribution is 2.35. The minimum absolute atomic E-state index is 0.0913. The highest BCUT2D eigenvalue weighted by molar-refractivity contribution is 14.1. The van der Waals surface area contributed by atoms with Gasteiger partial charge >= 0.3 is 0 Å². The largest absolute Gasteiger partial charge is 0.490 e. The lowest BCUT2D eigenvalue weighted by molar-refractivity contribution is 0.254. The van der Waals surface area contributed by atoms with Crippen LogP contribution in [0.5, 0.6) is 5.75 Å². The number of ether oxygens (including phenoxy) is 1. The van der Waals surface area contributed by atoms with Crippen LogP contribution in [0.3, 0.4) is 0 Å². The molecule has 1 atom stereocenters. The van der Waals surface area contributed by atoms with Crippen LogP contribution in [0.2, 0.25) is 0 Å². The fourth-order valence-electron chi connectivity index (χ4n) is 1.47. The summed E-state index contributed by atoms with van der Waals surface area (Å²) >= 11 is 2.15. The van der Waals surface area contributed by atoms with Crippen molar-refractivity contribution in [3.8, 4) is 5.75 Å². The van der Waals surface area contributed by atoms with Gasteiger partial charge in [-0.05, 0) is 34.7 Å². The number of nitrogens with two attached hydrogens (primary N) is 1. The second-order valence-electron chi connectivity index (χ2n) is 3.02. The van der Waals surface area contributed by atoms with E-state index in [1.165, 1.54) is 6.07 Å². The normalized spacial score (nSPS) is 20.7. The van der Waals surface area contributed by atoms with Crippen LogP contribution in [0.1, 0.15) is 18.0 Å². The first kappa shape index (κ1) is 9.21. The summed E-state index contributed by atoms with van der Waals surface area (Å²) in [5.74, 6) is 0.0243. The van der Waals surface area contributed by atoms with Gasteiger partial charge in [-0.1, -0.05) is 0 Å². The maximum atomic E-state index is 13.2. The fraction of sp³-hybridized carbons (Fsp3) is 0.333. The number of benzene rings is 1. The molecule has 0 spiro atoms. The van der Waals surface area contributed by atoms with Gasteiger partial charge < -0.3 is 10.5 Å². The Hall–Kier alpha value is -0.360. The molecule has 1 aromatic carbocycles. The van der Waals surface area contributed by atoms with Gasteiger partial charge in [0.15, 0.2) is 11.6 Å². The molecule has 0 aromatic heterocycles. The second-order valence-corrected chi connectivity index (χ2v) is 4.18. The van der Waals surface area contributed by atoms with Crippen LogP contribution in [-0.4, -0.2) is 6.61 Å². The summed E-state index contributed by atoms with van der Waals surface area (Å²) < 4.78 is 19.5. The molecule has 0 bridgehead atoms. The molecule has 1 aliphatic rings. The molecule has 4 heteroatoms. The van der Waals surface area contributed by atoms with Crippen LogP contribution in [0.15, 0.2) is 12.1 Å². The molecular weight excluding hydrogens is 284 g/mol. The van der Waals surface area contributed by atoms with Crippen LogP contribution >= 0.6 is 22.6 Å². The molecule has 2 N–H and O–H groups in total. The molecular formula is C9H9FINO. The van der Waals surface area contributed by atoms with Crippen molar-refractivity contribution in [3.05, 3.63) is 27.1 Å². The van der Waals surface area contributed by atoms with Gasteiger partial charge in [0.1, 0.15) is 0 Å². The molecule has 0 amide bonds. The Kier molecular flexibility index (Phi) is 2.42. The van der Waals surface area contributed by atoms with Crippen molar-refractivity contribution in [1.82, 2.24) is 0 Å². The predicted molar refractivity (Wildman–Crippen MR) is 56.2 cm³/mol. The first-order valence-corrected chi connectivity index (χ1v) is 5.14. The Bertz CT molecular complexity index is 343. The van der Waals surface area contributed by atoms with E-state index in [-0.39, 0.29) is 11.9 Å². The van der Waals surface area contributed by atoms with E-state index < -0.39 is 0 Å². The number of rotatable bonds is 0. The van der Waals surface area contributed by atoms with Gasteiger partial charge in [0.2, 0.25) is 0 Å². The zero-order chi connectivity index (χ0) is 9.42. The van der Waals surface area contributed by atoms with E-state index in [1.807, 2.05) is 0 Å². The van der Waals surface area contributed by atoms with Gasteiger partial charge in [-0.15, -0.1) is 0 Å². The van der Waals surface area contributed by atoms with Gasteiger partial charge in [0, 0.05) is 21.6 Å². The maximum absolute atomic E-state index is 13.2. The van der Waals surface area contributed by atoms with Crippen molar-refractivity contribution < 1.29 is 9.13 Å². The lowest BCUT2D eigenvalue weighted by atomic mass is 10.0. The van der Waals surface area contributed by atoms with Gasteiger partial charge in [0.25, 0.3) is 0 Å². The highest BCUT2D eigenvalue weighted by Gasteiger charge is 2.23. The van der Waals surface area contributed by atoms with Crippen molar-refractivity contribution in [2.45, 2.75) is 12.5 Å². The molecule has 70 valence electrons. The van der Waals surface area contributed by atoms with Crippen LogP contribution < -0.4 is 10.5 Å². The van der Waals surface area contributed by atoms with Crippen LogP contribution in [0.4, 0.5) is 4.39 Å². The van der Waals surface area contributed by atoms with Crippen LogP contribution in [-0.2, 0) is 0 Å². The van der Waals surface area contributed by atoms with E-state index in [9.17, 15) is 4.39 Å². The second kappa shape index (κ2) is 3.42. The molecule has 13 heavy (non-hydrogen) atoms. The molecule has 1 aromatic rings. The number of hydrogen-bond donors (Lipinski definition) is 1. The lowest BCUT2D eigenvalue weighted by Gasteiger charge is -2.24. The number of halogens is 2. The summed E-state index contributed by atoms with van der Waals surface area (Å²) in [6.07, 6.45) is 0.756. The zero-order valence-corrected chi connectivity index (χ0v) is 9.05. The summed E-state index contributed by atoms with van der Waals surface area (Å²) in [5, 5.41) is 0. The van der Waals surface area contributed by atoms with Crippen molar-refractivity contribution in [2.24, 2.45) is 5.73 Å². The van der Waals surface area contributed by atoms with Gasteiger partial charge in [-0.3, -0.25) is 0 Å². The molecule has 0 fully saturated rings. The molecule has 0 radical (unpaired) electrons. The van der Waals surface area contributed by atoms with Crippen molar-refractivity contribution in [1.29, 1.82) is 0 Å². The molecule has 1 aliphatic heterocycles. The quantitative estimate of drug-likeness (QED) is 0.744. The van der Waals surface area contributed by atoms with Gasteiger partial charge in [-0.2, -0.15) is 0 Å². The van der Waals surface area contributed by atoms with E-state index in [2.05, 4.69) is 22.6 Å². The Balaban J connectivity index is 2.60. The van der Waals surface area contributed by atoms with E-state index in [0.717, 1.165) is 15.6 Å². The third-order valence-electron chi connectivity index (χ3n) is 2.14. The Morgan fingerprint density at radius 3 is 3.00 bits per heavy atom. The topological polar surface area (TPSA) is 35.2 Å². The molecule has 1 heterocycles. The molecule has 0 saturated heterocycles. The zero-order valence-electron chi connectivity index (χ0n) is 6.89. The van der Waals surface area contributed by atoms with E-state index in [1.54, 1.807) is 6.07 Å². The highest BCUT2D eigenvalue weighted by atomic mass is 127.